The average Bonchev–Trinajstić information content (AvgIpc) is 2.61. The fraction of sp³-hybridized carbons (Fsp3) is 0.368. The Labute approximate surface area is 141 Å². The molecule has 126 valence electrons. The minimum Gasteiger partial charge on any atom is -0.484 e. The molecule has 0 N–H and O–H groups in total. The van der Waals surface area contributed by atoms with E-state index in [1.165, 1.54) is 17.7 Å². The van der Waals surface area contributed by atoms with Crippen molar-refractivity contribution in [3.8, 4) is 5.75 Å². The summed E-state index contributed by atoms with van der Waals surface area (Å²) in [5.41, 5.74) is 1.30. The van der Waals surface area contributed by atoms with Gasteiger partial charge < -0.3 is 9.64 Å². The molecule has 5 heteroatoms. The second-order valence-electron chi connectivity index (χ2n) is 6.13. The zero-order chi connectivity index (χ0) is 16.8. The van der Waals surface area contributed by atoms with Gasteiger partial charge in [-0.1, -0.05) is 6.07 Å². The lowest BCUT2D eigenvalue weighted by molar-refractivity contribution is -0.134. The second kappa shape index (κ2) is 7.90. The monoisotopic (exact) mass is 328 g/mol. The van der Waals surface area contributed by atoms with Crippen LogP contribution in [0.3, 0.4) is 0 Å². The number of amides is 1. The molecule has 0 radical (unpaired) electrons. The first-order valence-electron chi connectivity index (χ1n) is 8.26. The van der Waals surface area contributed by atoms with Crippen molar-refractivity contribution in [1.82, 2.24) is 9.88 Å². The molecule has 1 amide bonds. The normalized spacial score (nSPS) is 15.3. The summed E-state index contributed by atoms with van der Waals surface area (Å²) in [4.78, 5) is 18.1. The predicted molar refractivity (Wildman–Crippen MR) is 89.1 cm³/mol. The SMILES string of the molecule is O=C(COc1cccc(F)c1)N1CCC(Cc2ccncc2)CC1. The predicted octanol–water partition coefficient (Wildman–Crippen LogP) is 3.08. The fourth-order valence-electron chi connectivity index (χ4n) is 3.03. The largest absolute Gasteiger partial charge is 0.484 e. The van der Waals surface area contributed by atoms with Crippen molar-refractivity contribution in [3.63, 3.8) is 0 Å². The molecule has 3 rings (SSSR count). The van der Waals surface area contributed by atoms with Gasteiger partial charge in [-0.05, 0) is 55.0 Å². The Morgan fingerprint density at radius 1 is 1.21 bits per heavy atom. The first-order valence-corrected chi connectivity index (χ1v) is 8.26. The maximum atomic E-state index is 13.1. The summed E-state index contributed by atoms with van der Waals surface area (Å²) in [5.74, 6) is 0.579. The minimum atomic E-state index is -0.364. The van der Waals surface area contributed by atoms with Crippen molar-refractivity contribution in [3.05, 3.63) is 60.2 Å². The van der Waals surface area contributed by atoms with Crippen molar-refractivity contribution < 1.29 is 13.9 Å². The van der Waals surface area contributed by atoms with E-state index in [-0.39, 0.29) is 18.3 Å². The molecule has 1 fully saturated rings. The molecule has 1 saturated heterocycles. The van der Waals surface area contributed by atoms with Crippen LogP contribution in [0.2, 0.25) is 0 Å². The summed E-state index contributed by atoms with van der Waals surface area (Å²) in [6.45, 7) is 1.46. The molecule has 4 nitrogen and oxygen atoms in total. The molecule has 2 aromatic rings. The van der Waals surface area contributed by atoms with E-state index in [1.54, 1.807) is 12.1 Å². The third kappa shape index (κ3) is 4.54. The fourth-order valence-corrected chi connectivity index (χ4v) is 3.03. The summed E-state index contributed by atoms with van der Waals surface area (Å²) in [7, 11) is 0. The lowest BCUT2D eigenvalue weighted by atomic mass is 9.90. The number of carbonyl (C=O) groups excluding carboxylic acids is 1. The molecule has 24 heavy (non-hydrogen) atoms. The molecular weight excluding hydrogens is 307 g/mol. The van der Waals surface area contributed by atoms with Gasteiger partial charge in [0, 0.05) is 31.5 Å². The molecule has 0 aliphatic carbocycles. The number of pyridine rings is 1. The second-order valence-corrected chi connectivity index (χ2v) is 6.13. The molecule has 1 aromatic carbocycles. The van der Waals surface area contributed by atoms with E-state index in [0.29, 0.717) is 11.7 Å². The van der Waals surface area contributed by atoms with E-state index >= 15 is 0 Å². The smallest absolute Gasteiger partial charge is 0.260 e. The molecule has 0 bridgehead atoms. The van der Waals surface area contributed by atoms with Crippen LogP contribution in [0.1, 0.15) is 18.4 Å². The van der Waals surface area contributed by atoms with Gasteiger partial charge in [0.15, 0.2) is 6.61 Å². The molecule has 0 spiro atoms. The van der Waals surface area contributed by atoms with Crippen molar-refractivity contribution in [2.45, 2.75) is 19.3 Å². The highest BCUT2D eigenvalue weighted by Gasteiger charge is 2.23. The summed E-state index contributed by atoms with van der Waals surface area (Å²) in [6, 6.07) is 9.95. The first kappa shape index (κ1) is 16.4. The highest BCUT2D eigenvalue weighted by Crippen LogP contribution is 2.21. The van der Waals surface area contributed by atoms with Crippen LogP contribution in [-0.4, -0.2) is 35.5 Å². The number of benzene rings is 1. The van der Waals surface area contributed by atoms with Crippen LogP contribution in [0.5, 0.6) is 5.75 Å². The number of aromatic nitrogens is 1. The molecule has 1 aliphatic rings. The van der Waals surface area contributed by atoms with Crippen molar-refractivity contribution in [1.29, 1.82) is 0 Å². The Bertz CT molecular complexity index is 670. The van der Waals surface area contributed by atoms with Crippen LogP contribution in [0, 0.1) is 11.7 Å². The van der Waals surface area contributed by atoms with Gasteiger partial charge in [0.1, 0.15) is 11.6 Å². The van der Waals surface area contributed by atoms with Gasteiger partial charge >= 0.3 is 0 Å². The highest BCUT2D eigenvalue weighted by molar-refractivity contribution is 5.77. The third-order valence-corrected chi connectivity index (χ3v) is 4.40. The third-order valence-electron chi connectivity index (χ3n) is 4.40. The standard InChI is InChI=1S/C19H21FN2O2/c20-17-2-1-3-18(13-17)24-14-19(23)22-10-6-16(7-11-22)12-15-4-8-21-9-5-15/h1-5,8-9,13,16H,6-7,10-12,14H2. The van der Waals surface area contributed by atoms with E-state index in [0.717, 1.165) is 32.4 Å². The Kier molecular flexibility index (Phi) is 5.41. The molecule has 0 atom stereocenters. The number of likely N-dealkylation sites (tertiary alicyclic amines) is 1. The Balaban J connectivity index is 1.43. The van der Waals surface area contributed by atoms with Gasteiger partial charge in [0.05, 0.1) is 0 Å². The Morgan fingerprint density at radius 2 is 1.96 bits per heavy atom. The van der Waals surface area contributed by atoms with Gasteiger partial charge in [-0.15, -0.1) is 0 Å². The van der Waals surface area contributed by atoms with Crippen LogP contribution in [0.25, 0.3) is 0 Å². The van der Waals surface area contributed by atoms with E-state index in [2.05, 4.69) is 4.98 Å². The highest BCUT2D eigenvalue weighted by atomic mass is 19.1. The number of carbonyl (C=O) groups is 1. The van der Waals surface area contributed by atoms with E-state index in [1.807, 2.05) is 29.4 Å². The topological polar surface area (TPSA) is 42.4 Å². The average molecular weight is 328 g/mol. The molecule has 1 aliphatic heterocycles. The van der Waals surface area contributed by atoms with Crippen LogP contribution in [0.15, 0.2) is 48.8 Å². The van der Waals surface area contributed by atoms with E-state index in [9.17, 15) is 9.18 Å². The Hall–Kier alpha value is -2.43. The van der Waals surface area contributed by atoms with Crippen LogP contribution < -0.4 is 4.74 Å². The van der Waals surface area contributed by atoms with Crippen molar-refractivity contribution in [2.75, 3.05) is 19.7 Å². The van der Waals surface area contributed by atoms with Crippen molar-refractivity contribution >= 4 is 5.91 Å². The minimum absolute atomic E-state index is 0.0402. The maximum Gasteiger partial charge on any atom is 0.260 e. The number of ether oxygens (including phenoxy) is 1. The summed E-state index contributed by atoms with van der Waals surface area (Å²) in [5, 5.41) is 0. The van der Waals surface area contributed by atoms with Gasteiger partial charge in [-0.2, -0.15) is 0 Å². The van der Waals surface area contributed by atoms with E-state index in [4.69, 9.17) is 4.74 Å². The maximum absolute atomic E-state index is 13.1. The molecule has 0 saturated carbocycles. The van der Waals surface area contributed by atoms with Gasteiger partial charge in [-0.25, -0.2) is 4.39 Å². The number of piperidine rings is 1. The van der Waals surface area contributed by atoms with E-state index < -0.39 is 0 Å². The number of nitrogens with zero attached hydrogens (tertiary/aromatic N) is 2. The van der Waals surface area contributed by atoms with Crippen LogP contribution in [0.4, 0.5) is 4.39 Å². The zero-order valence-electron chi connectivity index (χ0n) is 13.5. The number of halogens is 1. The van der Waals surface area contributed by atoms with Gasteiger partial charge in [-0.3, -0.25) is 9.78 Å². The lowest BCUT2D eigenvalue weighted by Gasteiger charge is -2.32. The Morgan fingerprint density at radius 3 is 2.67 bits per heavy atom. The van der Waals surface area contributed by atoms with Crippen molar-refractivity contribution in [2.24, 2.45) is 5.92 Å². The molecule has 0 unspecified atom stereocenters. The number of hydrogen-bond acceptors (Lipinski definition) is 3. The summed E-state index contributed by atoms with van der Waals surface area (Å²) in [6.07, 6.45) is 6.65. The van der Waals surface area contributed by atoms with Gasteiger partial charge in [0.25, 0.3) is 5.91 Å². The number of hydrogen-bond donors (Lipinski definition) is 0. The van der Waals surface area contributed by atoms with Gasteiger partial charge in [0.2, 0.25) is 0 Å². The summed E-state index contributed by atoms with van der Waals surface area (Å²) >= 11 is 0. The molecular formula is C19H21FN2O2. The zero-order valence-corrected chi connectivity index (χ0v) is 13.5. The quantitative estimate of drug-likeness (QED) is 0.847. The molecule has 1 aromatic heterocycles. The van der Waals surface area contributed by atoms with Crippen LogP contribution >= 0.6 is 0 Å². The van der Waals surface area contributed by atoms with Crippen LogP contribution in [-0.2, 0) is 11.2 Å². The number of rotatable bonds is 5. The lowest BCUT2D eigenvalue weighted by Crippen LogP contribution is -2.41. The molecule has 2 heterocycles. The summed E-state index contributed by atoms with van der Waals surface area (Å²) < 4.78 is 18.5. The first-order chi connectivity index (χ1) is 11.7.